The van der Waals surface area contributed by atoms with Crippen LogP contribution in [0.3, 0.4) is 0 Å². The number of methoxy groups -OCH3 is 1. The van der Waals surface area contributed by atoms with E-state index >= 15 is 0 Å². The molecule has 4 N–H and O–H groups in total. The summed E-state index contributed by atoms with van der Waals surface area (Å²) in [4.78, 5) is 26.0. The summed E-state index contributed by atoms with van der Waals surface area (Å²) >= 11 is 0. The van der Waals surface area contributed by atoms with Crippen LogP contribution in [-0.2, 0) is 38.4 Å². The van der Waals surface area contributed by atoms with Gasteiger partial charge in [0.2, 0.25) is 5.91 Å². The van der Waals surface area contributed by atoms with Crippen molar-refractivity contribution in [2.24, 2.45) is 0 Å². The number of hydrogen-bond donors (Lipinski definition) is 4. The summed E-state index contributed by atoms with van der Waals surface area (Å²) in [5.41, 5.74) is 2.48. The van der Waals surface area contributed by atoms with Crippen LogP contribution in [0.15, 0.2) is 42.5 Å². The fourth-order valence-electron chi connectivity index (χ4n) is 5.16. The van der Waals surface area contributed by atoms with Gasteiger partial charge in [-0.1, -0.05) is 44.5 Å². The van der Waals surface area contributed by atoms with Gasteiger partial charge >= 0.3 is 6.09 Å². The van der Waals surface area contributed by atoms with Crippen LogP contribution in [0.1, 0.15) is 62.6 Å². The second-order valence-corrected chi connectivity index (χ2v) is 10.9. The zero-order chi connectivity index (χ0) is 31.2. The number of carbonyl (C=O) groups is 2. The zero-order valence-electron chi connectivity index (χ0n) is 25.3. The van der Waals surface area contributed by atoms with Gasteiger partial charge < -0.3 is 35.3 Å². The third-order valence-electron chi connectivity index (χ3n) is 7.49. The molecule has 3 rings (SSSR count). The van der Waals surface area contributed by atoms with Crippen molar-refractivity contribution in [3.05, 3.63) is 70.8 Å². The number of hydrogen-bond acceptors (Lipinski definition) is 7. The summed E-state index contributed by atoms with van der Waals surface area (Å²) in [6, 6.07) is 9.04. The highest BCUT2D eigenvalue weighted by atomic mass is 19.1. The first kappa shape index (κ1) is 34.4. The molecule has 3 atom stereocenters. The summed E-state index contributed by atoms with van der Waals surface area (Å²) in [7, 11) is 1.19. The lowest BCUT2D eigenvalue weighted by molar-refractivity contribution is -0.275. The van der Waals surface area contributed by atoms with Crippen LogP contribution >= 0.6 is 0 Å². The highest BCUT2D eigenvalue weighted by Gasteiger charge is 2.40. The third kappa shape index (κ3) is 11.1. The molecule has 0 saturated carbocycles. The monoisotopic (exact) mass is 605 g/mol. The first-order valence-electron chi connectivity index (χ1n) is 15.0. The Kier molecular flexibility index (Phi) is 13.8. The quantitative estimate of drug-likeness (QED) is 0.227. The largest absolute Gasteiger partial charge is 0.453 e. The number of aliphatic hydroxyl groups is 1. The molecule has 0 aliphatic carbocycles. The number of carbonyl (C=O) groups excluding carboxylic acids is 2. The highest BCUT2D eigenvalue weighted by molar-refractivity contribution is 5.86. The smallest absolute Gasteiger partial charge is 0.407 e. The summed E-state index contributed by atoms with van der Waals surface area (Å²) < 4.78 is 44.8. The van der Waals surface area contributed by atoms with E-state index in [1.54, 1.807) is 0 Å². The van der Waals surface area contributed by atoms with Gasteiger partial charge in [0.15, 0.2) is 5.79 Å². The van der Waals surface area contributed by atoms with Crippen molar-refractivity contribution in [1.82, 2.24) is 16.0 Å². The van der Waals surface area contributed by atoms with Gasteiger partial charge in [0.05, 0.1) is 32.5 Å². The minimum Gasteiger partial charge on any atom is -0.453 e. The van der Waals surface area contributed by atoms with E-state index in [4.69, 9.17) is 14.2 Å². The predicted molar refractivity (Wildman–Crippen MR) is 158 cm³/mol. The van der Waals surface area contributed by atoms with Gasteiger partial charge in [-0.2, -0.15) is 0 Å². The second kappa shape index (κ2) is 17.2. The number of benzene rings is 2. The topological polar surface area (TPSA) is 118 Å². The van der Waals surface area contributed by atoms with E-state index < -0.39 is 47.6 Å². The number of aliphatic hydroxyl groups excluding tert-OH is 1. The molecular weight excluding hydrogens is 560 g/mol. The van der Waals surface area contributed by atoms with E-state index in [0.717, 1.165) is 43.0 Å². The fraction of sp³-hybridized carbons (Fsp3) is 0.562. The van der Waals surface area contributed by atoms with Gasteiger partial charge in [-0.25, -0.2) is 13.6 Å². The average Bonchev–Trinajstić information content (AvgIpc) is 2.99. The normalized spacial score (nSPS) is 16.6. The van der Waals surface area contributed by atoms with Gasteiger partial charge in [-0.05, 0) is 54.5 Å². The molecule has 9 nitrogen and oxygen atoms in total. The number of halogens is 2. The molecule has 11 heteroatoms. The maximum absolute atomic E-state index is 14.0. The standard InChI is InChI=1S/C32H45F2N3O6/c1-4-6-11-32(42-12-8-13-43-32)19-28(37-31(40)41-3)30(39)36-27(17-24-15-25(33)18-26(34)16-24)29(38)21-35-20-23-10-7-9-22(5-2)14-23/h7,9-10,14-16,18,27-29,35,38H,4-6,8,11-13,17,19-21H2,1-3H3,(H,36,39)(H,37,40)/t27-,28+,29+/m0/s1. The Morgan fingerprint density at radius 2 is 1.72 bits per heavy atom. The minimum absolute atomic E-state index is 0.0113. The number of ether oxygens (including phenoxy) is 3. The molecule has 0 bridgehead atoms. The first-order valence-corrected chi connectivity index (χ1v) is 15.0. The molecule has 238 valence electrons. The lowest BCUT2D eigenvalue weighted by Gasteiger charge is -2.39. The van der Waals surface area contributed by atoms with Gasteiger partial charge in [0.25, 0.3) is 0 Å². The number of aryl methyl sites for hydroxylation is 1. The number of amides is 2. The van der Waals surface area contributed by atoms with E-state index in [-0.39, 0.29) is 24.9 Å². The van der Waals surface area contributed by atoms with Crippen LogP contribution in [0, 0.1) is 11.6 Å². The molecule has 0 aromatic heterocycles. The van der Waals surface area contributed by atoms with Crippen molar-refractivity contribution in [3.8, 4) is 0 Å². The predicted octanol–water partition coefficient (Wildman–Crippen LogP) is 4.14. The molecule has 1 aliphatic rings. The van der Waals surface area contributed by atoms with Crippen LogP contribution in [0.5, 0.6) is 0 Å². The summed E-state index contributed by atoms with van der Waals surface area (Å²) in [5.74, 6) is -3.22. The van der Waals surface area contributed by atoms with Gasteiger partial charge in [0.1, 0.15) is 17.7 Å². The molecule has 43 heavy (non-hydrogen) atoms. The van der Waals surface area contributed by atoms with E-state index in [1.165, 1.54) is 12.7 Å². The van der Waals surface area contributed by atoms with Crippen LogP contribution in [0.2, 0.25) is 0 Å². The van der Waals surface area contributed by atoms with Crippen LogP contribution < -0.4 is 16.0 Å². The van der Waals surface area contributed by atoms with Crippen molar-refractivity contribution < 1.29 is 37.7 Å². The second-order valence-electron chi connectivity index (χ2n) is 10.9. The highest BCUT2D eigenvalue weighted by Crippen LogP contribution is 2.30. The Morgan fingerprint density at radius 3 is 2.37 bits per heavy atom. The maximum Gasteiger partial charge on any atom is 0.407 e. The number of nitrogens with one attached hydrogen (secondary N) is 3. The Hall–Kier alpha value is -3.12. The average molecular weight is 606 g/mol. The molecule has 1 saturated heterocycles. The van der Waals surface area contributed by atoms with Gasteiger partial charge in [0, 0.05) is 32.0 Å². The molecule has 0 spiro atoms. The number of unbranched alkanes of at least 4 members (excludes halogenated alkanes) is 1. The number of rotatable bonds is 16. The van der Waals surface area contributed by atoms with E-state index in [0.29, 0.717) is 32.6 Å². The summed E-state index contributed by atoms with van der Waals surface area (Å²) in [6.07, 6.45) is 1.78. The minimum atomic E-state index is -1.14. The molecule has 0 radical (unpaired) electrons. The zero-order valence-corrected chi connectivity index (χ0v) is 25.3. The molecule has 1 fully saturated rings. The molecule has 1 heterocycles. The molecule has 0 unspecified atom stereocenters. The summed E-state index contributed by atoms with van der Waals surface area (Å²) in [6.45, 7) is 5.57. The fourth-order valence-corrected chi connectivity index (χ4v) is 5.16. The van der Waals surface area contributed by atoms with E-state index in [9.17, 15) is 23.5 Å². The van der Waals surface area contributed by atoms with E-state index in [2.05, 4.69) is 28.9 Å². The molecule has 1 aliphatic heterocycles. The Bertz CT molecular complexity index is 1160. The third-order valence-corrected chi connectivity index (χ3v) is 7.49. The Balaban J connectivity index is 1.79. The van der Waals surface area contributed by atoms with Crippen LogP contribution in [0.4, 0.5) is 13.6 Å². The summed E-state index contributed by atoms with van der Waals surface area (Å²) in [5, 5.41) is 19.8. The van der Waals surface area contributed by atoms with Crippen molar-refractivity contribution >= 4 is 12.0 Å². The van der Waals surface area contributed by atoms with Gasteiger partial charge in [-0.3, -0.25) is 4.79 Å². The van der Waals surface area contributed by atoms with Crippen molar-refractivity contribution in [1.29, 1.82) is 0 Å². The van der Waals surface area contributed by atoms with E-state index in [1.807, 2.05) is 25.1 Å². The molecule has 2 amide bonds. The Labute approximate surface area is 252 Å². The van der Waals surface area contributed by atoms with Crippen molar-refractivity contribution in [3.63, 3.8) is 0 Å². The first-order chi connectivity index (χ1) is 20.7. The van der Waals surface area contributed by atoms with Crippen molar-refractivity contribution in [2.75, 3.05) is 26.9 Å². The number of alkyl carbamates (subject to hydrolysis) is 1. The SMILES string of the molecule is CCCCC1(C[C@@H](NC(=O)OC)C(=O)N[C@@H](Cc2cc(F)cc(F)c2)[C@H](O)CNCc2cccc(CC)c2)OCCCO1. The molecule has 2 aromatic rings. The van der Waals surface area contributed by atoms with Gasteiger partial charge in [-0.15, -0.1) is 0 Å². The lowest BCUT2D eigenvalue weighted by atomic mass is 9.96. The van der Waals surface area contributed by atoms with Crippen LogP contribution in [-0.4, -0.2) is 68.0 Å². The van der Waals surface area contributed by atoms with Crippen molar-refractivity contribution in [2.45, 2.75) is 89.3 Å². The lowest BCUT2D eigenvalue weighted by Crippen LogP contribution is -2.57. The Morgan fingerprint density at radius 1 is 1.02 bits per heavy atom. The molecule has 2 aromatic carbocycles. The molecular formula is C32H45F2N3O6. The van der Waals surface area contributed by atoms with Crippen LogP contribution in [0.25, 0.3) is 0 Å². The maximum atomic E-state index is 14.0.